The highest BCUT2D eigenvalue weighted by Gasteiger charge is 2.43. The SMILES string of the molecule is CCN1/C(=C/C=C/C=C/C=C/C2=[N+](CCCCCC(=O)O)c3ccccc3C2(C)C)C(C)(C)c2cc(S(=O)(=O)[O-])ccc21. The van der Waals surface area contributed by atoms with Gasteiger partial charge in [-0.2, -0.15) is 4.58 Å². The Labute approximate surface area is 256 Å². The Kier molecular flexibility index (Phi) is 9.62. The van der Waals surface area contributed by atoms with Gasteiger partial charge in [-0.05, 0) is 63.5 Å². The van der Waals surface area contributed by atoms with Gasteiger partial charge in [0.2, 0.25) is 5.69 Å². The summed E-state index contributed by atoms with van der Waals surface area (Å²) in [7, 11) is -4.53. The number of aliphatic carboxylic acids is 1. The minimum Gasteiger partial charge on any atom is -0.744 e. The van der Waals surface area contributed by atoms with Gasteiger partial charge in [-0.3, -0.25) is 4.79 Å². The van der Waals surface area contributed by atoms with Crippen LogP contribution in [0.3, 0.4) is 0 Å². The summed E-state index contributed by atoms with van der Waals surface area (Å²) in [6.45, 7) is 12.2. The van der Waals surface area contributed by atoms with Crippen molar-refractivity contribution in [2.45, 2.75) is 76.0 Å². The molecule has 0 saturated heterocycles. The quantitative estimate of drug-likeness (QED) is 0.122. The molecule has 0 unspecified atom stereocenters. The van der Waals surface area contributed by atoms with Crippen molar-refractivity contribution in [3.63, 3.8) is 0 Å². The monoisotopic (exact) mass is 602 g/mol. The van der Waals surface area contributed by atoms with E-state index in [1.807, 2.05) is 51.2 Å². The molecule has 2 aromatic rings. The minimum atomic E-state index is -4.53. The summed E-state index contributed by atoms with van der Waals surface area (Å²) < 4.78 is 37.3. The molecule has 0 radical (unpaired) electrons. The number of anilines is 1. The molecule has 0 aliphatic carbocycles. The maximum Gasteiger partial charge on any atom is 0.303 e. The molecule has 0 amide bonds. The molecule has 43 heavy (non-hydrogen) atoms. The number of carboxylic acid groups (broad SMARTS) is 1. The highest BCUT2D eigenvalue weighted by atomic mass is 32.2. The molecule has 0 spiro atoms. The maximum atomic E-state index is 11.6. The zero-order valence-corrected chi connectivity index (χ0v) is 26.5. The lowest BCUT2D eigenvalue weighted by atomic mass is 9.81. The van der Waals surface area contributed by atoms with Crippen LogP contribution in [0.5, 0.6) is 0 Å². The summed E-state index contributed by atoms with van der Waals surface area (Å²) in [5, 5.41) is 8.94. The predicted octanol–water partition coefficient (Wildman–Crippen LogP) is 6.98. The van der Waals surface area contributed by atoms with E-state index in [1.54, 1.807) is 6.07 Å². The second kappa shape index (κ2) is 12.9. The molecule has 1 N–H and O–H groups in total. The summed E-state index contributed by atoms with van der Waals surface area (Å²) in [5.74, 6) is -0.744. The number of likely N-dealkylation sites (N-methyl/N-ethyl adjacent to an activating group) is 1. The van der Waals surface area contributed by atoms with Crippen LogP contribution in [-0.2, 0) is 25.7 Å². The van der Waals surface area contributed by atoms with Crippen LogP contribution in [-0.4, -0.2) is 47.4 Å². The van der Waals surface area contributed by atoms with Crippen LogP contribution >= 0.6 is 0 Å². The number of rotatable bonds is 12. The fourth-order valence-corrected chi connectivity index (χ4v) is 6.74. The minimum absolute atomic E-state index is 0.153. The van der Waals surface area contributed by atoms with E-state index in [2.05, 4.69) is 59.7 Å². The van der Waals surface area contributed by atoms with Crippen LogP contribution in [0.15, 0.2) is 95.6 Å². The average Bonchev–Trinajstić information content (AvgIpc) is 3.29. The van der Waals surface area contributed by atoms with Crippen molar-refractivity contribution in [2.75, 3.05) is 18.0 Å². The van der Waals surface area contributed by atoms with Crippen molar-refractivity contribution in [3.8, 4) is 0 Å². The first-order valence-corrected chi connectivity index (χ1v) is 16.3. The summed E-state index contributed by atoms with van der Waals surface area (Å²) >= 11 is 0. The van der Waals surface area contributed by atoms with E-state index in [0.717, 1.165) is 36.3 Å². The third-order valence-electron chi connectivity index (χ3n) is 8.49. The number of nitrogens with zero attached hydrogens (tertiary/aromatic N) is 2. The zero-order valence-electron chi connectivity index (χ0n) is 25.7. The maximum absolute atomic E-state index is 11.6. The average molecular weight is 603 g/mol. The van der Waals surface area contributed by atoms with E-state index >= 15 is 0 Å². The van der Waals surface area contributed by atoms with E-state index in [0.29, 0.717) is 13.0 Å². The molecule has 228 valence electrons. The van der Waals surface area contributed by atoms with Gasteiger partial charge in [-0.15, -0.1) is 0 Å². The van der Waals surface area contributed by atoms with Gasteiger partial charge in [-0.1, -0.05) is 62.4 Å². The Bertz CT molecular complexity index is 1640. The molecule has 2 aliphatic heterocycles. The van der Waals surface area contributed by atoms with Gasteiger partial charge in [-0.25, -0.2) is 8.42 Å². The molecule has 2 heterocycles. The van der Waals surface area contributed by atoms with E-state index in [-0.39, 0.29) is 16.7 Å². The van der Waals surface area contributed by atoms with E-state index in [1.165, 1.54) is 29.1 Å². The summed E-state index contributed by atoms with van der Waals surface area (Å²) in [4.78, 5) is 12.8. The van der Waals surface area contributed by atoms with Crippen LogP contribution in [0.4, 0.5) is 11.4 Å². The third-order valence-corrected chi connectivity index (χ3v) is 9.32. The third kappa shape index (κ3) is 6.76. The number of carboxylic acids is 1. The van der Waals surface area contributed by atoms with Crippen molar-refractivity contribution in [1.82, 2.24) is 0 Å². The first-order valence-electron chi connectivity index (χ1n) is 14.9. The molecule has 7 nitrogen and oxygen atoms in total. The Morgan fingerprint density at radius 2 is 1.63 bits per heavy atom. The van der Waals surface area contributed by atoms with Crippen LogP contribution in [0.2, 0.25) is 0 Å². The summed E-state index contributed by atoms with van der Waals surface area (Å²) in [6, 6.07) is 13.1. The van der Waals surface area contributed by atoms with Gasteiger partial charge in [0, 0.05) is 53.9 Å². The predicted molar refractivity (Wildman–Crippen MR) is 171 cm³/mol. The molecule has 0 aromatic heterocycles. The van der Waals surface area contributed by atoms with Crippen molar-refractivity contribution in [1.29, 1.82) is 0 Å². The fourth-order valence-electron chi connectivity index (χ4n) is 6.24. The van der Waals surface area contributed by atoms with E-state index in [4.69, 9.17) is 5.11 Å². The van der Waals surface area contributed by atoms with Crippen LogP contribution < -0.4 is 4.90 Å². The van der Waals surface area contributed by atoms with Crippen LogP contribution in [0.1, 0.15) is 71.4 Å². The number of fused-ring (bicyclic) bond motifs is 2. The van der Waals surface area contributed by atoms with Crippen molar-refractivity contribution < 1.29 is 27.4 Å². The Morgan fingerprint density at radius 3 is 2.33 bits per heavy atom. The molecule has 8 heteroatoms. The van der Waals surface area contributed by atoms with Crippen molar-refractivity contribution in [2.24, 2.45) is 0 Å². The Morgan fingerprint density at radius 1 is 0.930 bits per heavy atom. The zero-order chi connectivity index (χ0) is 31.4. The highest BCUT2D eigenvalue weighted by molar-refractivity contribution is 7.85. The van der Waals surface area contributed by atoms with Gasteiger partial charge >= 0.3 is 5.97 Å². The molecule has 0 saturated carbocycles. The standard InChI is InChI=1S/C35H42N2O5S/c1-6-36-30-23-22-26(43(40,41)42)25-28(30)35(4,5)31(36)19-11-8-7-9-12-20-32-34(2,3)27-17-14-15-18-29(27)37(32)24-16-10-13-21-33(38)39/h7-9,11-12,14-15,17-20,22-23,25H,6,10,13,16,21,24H2,1-5H3,(H-,38,39,40,41,42). The summed E-state index contributed by atoms with van der Waals surface area (Å²) in [6.07, 6.45) is 16.9. The number of hydrogen-bond donors (Lipinski definition) is 1. The second-order valence-electron chi connectivity index (χ2n) is 12.1. The fraction of sp³-hybridized carbons (Fsp3) is 0.371. The molecular formula is C35H42N2O5S. The lowest BCUT2D eigenvalue weighted by molar-refractivity contribution is -0.438. The lowest BCUT2D eigenvalue weighted by Crippen LogP contribution is -2.27. The Hall–Kier alpha value is -3.75. The van der Waals surface area contributed by atoms with Gasteiger partial charge in [0.05, 0.1) is 10.3 Å². The number of unbranched alkanes of at least 4 members (excludes halogenated alkanes) is 2. The van der Waals surface area contributed by atoms with Gasteiger partial charge in [0.25, 0.3) is 0 Å². The van der Waals surface area contributed by atoms with Gasteiger partial charge in [0.1, 0.15) is 16.7 Å². The highest BCUT2D eigenvalue weighted by Crippen LogP contribution is 2.48. The topological polar surface area (TPSA) is 101 Å². The Balaban J connectivity index is 1.50. The normalized spacial score (nSPS) is 18.5. The second-order valence-corrected chi connectivity index (χ2v) is 13.4. The number of para-hydroxylation sites is 1. The van der Waals surface area contributed by atoms with E-state index < -0.39 is 21.5 Å². The van der Waals surface area contributed by atoms with Gasteiger partial charge < -0.3 is 14.6 Å². The number of benzene rings is 2. The van der Waals surface area contributed by atoms with E-state index in [9.17, 15) is 17.8 Å². The van der Waals surface area contributed by atoms with Crippen molar-refractivity contribution in [3.05, 3.63) is 102 Å². The molecular weight excluding hydrogens is 560 g/mol. The number of hydrogen-bond acceptors (Lipinski definition) is 5. The molecule has 2 aromatic carbocycles. The molecule has 4 rings (SSSR count). The molecule has 2 aliphatic rings. The van der Waals surface area contributed by atoms with Crippen molar-refractivity contribution >= 4 is 33.2 Å². The summed E-state index contributed by atoms with van der Waals surface area (Å²) in [5.41, 5.74) is 5.88. The largest absolute Gasteiger partial charge is 0.744 e. The van der Waals surface area contributed by atoms with Crippen LogP contribution in [0.25, 0.3) is 0 Å². The number of allylic oxidation sites excluding steroid dienone is 8. The first-order chi connectivity index (χ1) is 20.3. The number of carbonyl (C=O) groups is 1. The lowest BCUT2D eigenvalue weighted by Gasteiger charge is -2.25. The van der Waals surface area contributed by atoms with Gasteiger partial charge in [0.15, 0.2) is 5.71 Å². The van der Waals surface area contributed by atoms with Crippen LogP contribution in [0, 0.1) is 0 Å². The molecule has 0 fully saturated rings. The first kappa shape index (κ1) is 32.2. The molecule has 0 bridgehead atoms. The molecule has 0 atom stereocenters. The smallest absolute Gasteiger partial charge is 0.303 e.